The molecule has 2 heterocycles. The Balaban J connectivity index is 1.16. The van der Waals surface area contributed by atoms with Crippen molar-refractivity contribution in [3.63, 3.8) is 0 Å². The smallest absolute Gasteiger partial charge is 0.250 e. The normalized spacial score (nSPS) is 31.2. The van der Waals surface area contributed by atoms with Crippen LogP contribution in [-0.4, -0.2) is 29.4 Å². The molecule has 4 aliphatic carbocycles. The lowest BCUT2D eigenvalue weighted by molar-refractivity contribution is -0.146. The van der Waals surface area contributed by atoms with Crippen LogP contribution in [0, 0.1) is 30.1 Å². The minimum Gasteiger partial charge on any atom is -0.487 e. The van der Waals surface area contributed by atoms with Crippen molar-refractivity contribution in [2.45, 2.75) is 58.0 Å². The highest BCUT2D eigenvalue weighted by atomic mass is 16.5. The van der Waals surface area contributed by atoms with Crippen LogP contribution in [0.5, 0.6) is 5.75 Å². The van der Waals surface area contributed by atoms with Crippen molar-refractivity contribution in [1.82, 2.24) is 10.3 Å². The monoisotopic (exact) mass is 445 g/mol. The van der Waals surface area contributed by atoms with Crippen molar-refractivity contribution in [3.8, 4) is 17.0 Å². The first-order valence-corrected chi connectivity index (χ1v) is 12.2. The summed E-state index contributed by atoms with van der Waals surface area (Å²) in [6.07, 6.45) is 9.43. The highest BCUT2D eigenvalue weighted by Crippen LogP contribution is 2.60. The van der Waals surface area contributed by atoms with Gasteiger partial charge in [0.25, 0.3) is 0 Å². The number of nitrogens with two attached hydrogens (primary N) is 1. The number of benzene rings is 1. The summed E-state index contributed by atoms with van der Waals surface area (Å²) in [5, 5.41) is 3.28. The predicted molar refractivity (Wildman–Crippen MR) is 125 cm³/mol. The molecule has 5 aliphatic rings. The second kappa shape index (κ2) is 7.57. The molecule has 0 spiro atoms. The summed E-state index contributed by atoms with van der Waals surface area (Å²) in [5.41, 5.74) is 9.53. The number of aromatic nitrogens is 1. The average molecular weight is 446 g/mol. The van der Waals surface area contributed by atoms with E-state index in [4.69, 9.17) is 10.5 Å². The molecule has 4 fully saturated rings. The Hall–Kier alpha value is -2.89. The number of hydrogen-bond acceptors (Lipinski definition) is 4. The molecule has 1 aromatic carbocycles. The number of nitrogens with zero attached hydrogens (tertiary/aromatic N) is 1. The lowest BCUT2D eigenvalue weighted by Crippen LogP contribution is -2.54. The Bertz CT molecular complexity index is 1090. The van der Waals surface area contributed by atoms with E-state index in [-0.39, 0.29) is 17.4 Å². The van der Waals surface area contributed by atoms with Gasteiger partial charge in [-0.05, 0) is 92.5 Å². The van der Waals surface area contributed by atoms with Crippen LogP contribution >= 0.6 is 0 Å². The van der Waals surface area contributed by atoms with Gasteiger partial charge in [0.2, 0.25) is 11.8 Å². The van der Waals surface area contributed by atoms with Crippen molar-refractivity contribution >= 4 is 11.8 Å². The van der Waals surface area contributed by atoms with E-state index < -0.39 is 5.91 Å². The third kappa shape index (κ3) is 3.60. The van der Waals surface area contributed by atoms with E-state index in [9.17, 15) is 9.59 Å². The van der Waals surface area contributed by atoms with Crippen LogP contribution in [0.25, 0.3) is 11.3 Å². The van der Waals surface area contributed by atoms with Gasteiger partial charge in [0.05, 0.1) is 17.8 Å². The molecule has 2 aromatic rings. The summed E-state index contributed by atoms with van der Waals surface area (Å²) in [7, 11) is 0. The van der Waals surface area contributed by atoms with E-state index in [1.165, 1.54) is 25.5 Å². The van der Waals surface area contributed by atoms with Crippen molar-refractivity contribution < 1.29 is 14.3 Å². The Morgan fingerprint density at radius 3 is 2.42 bits per heavy atom. The number of rotatable bonds is 5. The highest BCUT2D eigenvalue weighted by Gasteiger charge is 2.54. The predicted octanol–water partition coefficient (Wildman–Crippen LogP) is 3.79. The first-order valence-electron chi connectivity index (χ1n) is 12.2. The summed E-state index contributed by atoms with van der Waals surface area (Å²) in [5.74, 6) is 2.86. The lowest BCUT2D eigenvalue weighted by atomic mass is 9.49. The Morgan fingerprint density at radius 2 is 1.82 bits per heavy atom. The van der Waals surface area contributed by atoms with E-state index in [2.05, 4.69) is 29.4 Å². The van der Waals surface area contributed by atoms with Crippen LogP contribution in [0.4, 0.5) is 0 Å². The highest BCUT2D eigenvalue weighted by molar-refractivity contribution is 5.92. The summed E-state index contributed by atoms with van der Waals surface area (Å²) < 4.78 is 6.35. The number of ether oxygens (including phenoxy) is 1. The zero-order chi connectivity index (χ0) is 22.7. The molecule has 172 valence electrons. The number of pyridine rings is 1. The standard InChI is InChI=1S/C27H31N3O3/c1-15-4-20-9-21(33-24(20)22(5-15)23-3-2-19(13-29-23)25(28)31)14-30-26(32)27-10-16-6-17(11-27)8-18(7-16)12-27/h2-5,13,16-18,21H,6-12,14H2,1H3,(H2,28,31)(H,30,32). The van der Waals surface area contributed by atoms with E-state index in [1.54, 1.807) is 12.1 Å². The largest absolute Gasteiger partial charge is 0.487 e. The zero-order valence-corrected chi connectivity index (χ0v) is 19.1. The van der Waals surface area contributed by atoms with Gasteiger partial charge in [-0.25, -0.2) is 0 Å². The molecule has 4 bridgehead atoms. The molecule has 0 radical (unpaired) electrons. The second-order valence-electron chi connectivity index (χ2n) is 10.9. The zero-order valence-electron chi connectivity index (χ0n) is 19.1. The lowest BCUT2D eigenvalue weighted by Gasteiger charge is -2.55. The minimum absolute atomic E-state index is 0.0803. The molecule has 1 atom stereocenters. The summed E-state index contributed by atoms with van der Waals surface area (Å²) >= 11 is 0. The van der Waals surface area contributed by atoms with Crippen molar-refractivity contribution in [3.05, 3.63) is 47.2 Å². The van der Waals surface area contributed by atoms with Gasteiger partial charge in [-0.15, -0.1) is 0 Å². The fourth-order valence-corrected chi connectivity index (χ4v) is 7.38. The van der Waals surface area contributed by atoms with Gasteiger partial charge in [-0.3, -0.25) is 14.6 Å². The van der Waals surface area contributed by atoms with E-state index in [1.807, 2.05) is 0 Å². The SMILES string of the molecule is Cc1cc2c(c(-c3ccc(C(N)=O)cn3)c1)OC(CNC(=O)C13CC4CC(CC(C4)C1)C3)C2. The maximum Gasteiger partial charge on any atom is 0.250 e. The van der Waals surface area contributed by atoms with Gasteiger partial charge in [0.15, 0.2) is 0 Å². The van der Waals surface area contributed by atoms with E-state index in [0.29, 0.717) is 12.1 Å². The number of carbonyl (C=O) groups excluding carboxylic acids is 2. The topological polar surface area (TPSA) is 94.3 Å². The Labute approximate surface area is 194 Å². The average Bonchev–Trinajstić information content (AvgIpc) is 3.18. The third-order valence-corrected chi connectivity index (χ3v) is 8.38. The van der Waals surface area contributed by atoms with Crippen LogP contribution in [0.3, 0.4) is 0 Å². The number of fused-ring (bicyclic) bond motifs is 1. The molecule has 3 N–H and O–H groups in total. The number of aryl methyl sites for hydroxylation is 1. The van der Waals surface area contributed by atoms with Crippen molar-refractivity contribution in [1.29, 1.82) is 0 Å². The Kier molecular flexibility index (Phi) is 4.75. The maximum atomic E-state index is 13.3. The van der Waals surface area contributed by atoms with Gasteiger partial charge in [0.1, 0.15) is 11.9 Å². The quantitative estimate of drug-likeness (QED) is 0.732. The fraction of sp³-hybridized carbons (Fsp3) is 0.519. The molecular formula is C27H31N3O3. The van der Waals surface area contributed by atoms with Crippen LogP contribution in [0.2, 0.25) is 0 Å². The Morgan fingerprint density at radius 1 is 1.12 bits per heavy atom. The molecule has 7 rings (SSSR count). The number of amides is 2. The molecular weight excluding hydrogens is 414 g/mol. The molecule has 1 aromatic heterocycles. The van der Waals surface area contributed by atoms with E-state index >= 15 is 0 Å². The van der Waals surface area contributed by atoms with Gasteiger partial charge in [-0.1, -0.05) is 6.07 Å². The summed E-state index contributed by atoms with van der Waals surface area (Å²) in [4.78, 5) is 29.2. The fourth-order valence-electron chi connectivity index (χ4n) is 7.38. The molecule has 4 saturated carbocycles. The molecule has 1 aliphatic heterocycles. The number of primary amides is 1. The molecule has 6 nitrogen and oxygen atoms in total. The number of hydrogen-bond donors (Lipinski definition) is 2. The minimum atomic E-state index is -0.491. The van der Waals surface area contributed by atoms with Crippen LogP contribution in [-0.2, 0) is 11.2 Å². The molecule has 0 saturated heterocycles. The van der Waals surface area contributed by atoms with E-state index in [0.717, 1.165) is 71.6 Å². The summed E-state index contributed by atoms with van der Waals surface area (Å²) in [6.45, 7) is 2.59. The molecule has 2 amide bonds. The first kappa shape index (κ1) is 20.7. The third-order valence-electron chi connectivity index (χ3n) is 8.38. The van der Waals surface area contributed by atoms with Gasteiger partial charge >= 0.3 is 0 Å². The molecule has 1 unspecified atom stereocenters. The van der Waals surface area contributed by atoms with Crippen molar-refractivity contribution in [2.75, 3.05) is 6.54 Å². The van der Waals surface area contributed by atoms with Gasteiger partial charge < -0.3 is 15.8 Å². The first-order chi connectivity index (χ1) is 15.9. The second-order valence-corrected chi connectivity index (χ2v) is 10.9. The maximum absolute atomic E-state index is 13.3. The van der Waals surface area contributed by atoms with Crippen molar-refractivity contribution in [2.24, 2.45) is 28.9 Å². The summed E-state index contributed by atoms with van der Waals surface area (Å²) in [6, 6.07) is 7.71. The van der Waals surface area contributed by atoms with Crippen LogP contribution in [0.1, 0.15) is 60.0 Å². The van der Waals surface area contributed by atoms with Gasteiger partial charge in [0, 0.05) is 23.6 Å². The van der Waals surface area contributed by atoms with Crippen LogP contribution < -0.4 is 15.8 Å². The number of nitrogens with one attached hydrogen (secondary N) is 1. The van der Waals surface area contributed by atoms with Gasteiger partial charge in [-0.2, -0.15) is 0 Å². The van der Waals surface area contributed by atoms with Crippen LogP contribution in [0.15, 0.2) is 30.5 Å². The molecule has 33 heavy (non-hydrogen) atoms. The molecule has 6 heteroatoms. The number of carbonyl (C=O) groups is 2.